The predicted molar refractivity (Wildman–Crippen MR) is 57.7 cm³/mol. The van der Waals surface area contributed by atoms with E-state index in [4.69, 9.17) is 6.42 Å². The molecule has 0 nitrogen and oxygen atoms in total. The van der Waals surface area contributed by atoms with E-state index in [-0.39, 0.29) is 5.41 Å². The average molecular weight is 172 g/mol. The van der Waals surface area contributed by atoms with E-state index in [0.717, 1.165) is 6.42 Å². The minimum absolute atomic E-state index is 0.147. The topological polar surface area (TPSA) is 0 Å². The van der Waals surface area contributed by atoms with Gasteiger partial charge in [-0.3, -0.25) is 0 Å². The number of hydrogen-bond acceptors (Lipinski definition) is 0. The second-order valence-electron chi connectivity index (χ2n) is 3.82. The fourth-order valence-electron chi connectivity index (χ4n) is 1.24. The zero-order valence-corrected chi connectivity index (χ0v) is 8.59. The molecule has 1 rings (SSSR count). The lowest BCUT2D eigenvalue weighted by atomic mass is 9.85. The third kappa shape index (κ3) is 2.12. The molecule has 0 bridgehead atoms. The molecule has 0 saturated carbocycles. The van der Waals surface area contributed by atoms with Crippen LogP contribution < -0.4 is 0 Å². The molecule has 0 atom stereocenters. The molecule has 0 fully saturated rings. The second kappa shape index (κ2) is 3.66. The van der Waals surface area contributed by atoms with Crippen molar-refractivity contribution in [1.82, 2.24) is 0 Å². The van der Waals surface area contributed by atoms with Crippen LogP contribution in [0, 0.1) is 12.3 Å². The molecule has 0 heteroatoms. The van der Waals surface area contributed by atoms with Crippen molar-refractivity contribution in [2.75, 3.05) is 0 Å². The van der Waals surface area contributed by atoms with Gasteiger partial charge in [0, 0.05) is 0 Å². The Morgan fingerprint density at radius 1 is 1.23 bits per heavy atom. The maximum absolute atomic E-state index is 5.46. The number of aryl methyl sites for hydroxylation is 1. The quantitative estimate of drug-likeness (QED) is 0.601. The van der Waals surface area contributed by atoms with Crippen molar-refractivity contribution in [1.29, 1.82) is 0 Å². The van der Waals surface area contributed by atoms with Crippen LogP contribution in [0.15, 0.2) is 24.3 Å². The zero-order valence-electron chi connectivity index (χ0n) is 8.59. The predicted octanol–water partition coefficient (Wildman–Crippen LogP) is 3.16. The summed E-state index contributed by atoms with van der Waals surface area (Å²) in [6.07, 6.45) is 6.54. The molecule has 0 spiro atoms. The Labute approximate surface area is 81.0 Å². The fraction of sp³-hybridized carbons (Fsp3) is 0.385. The Morgan fingerprint density at radius 2 is 1.77 bits per heavy atom. The van der Waals surface area contributed by atoms with E-state index in [9.17, 15) is 0 Å². The van der Waals surface area contributed by atoms with Crippen LogP contribution in [-0.4, -0.2) is 0 Å². The first-order chi connectivity index (χ1) is 6.10. The van der Waals surface area contributed by atoms with Crippen LogP contribution >= 0.6 is 0 Å². The van der Waals surface area contributed by atoms with Crippen molar-refractivity contribution >= 4 is 0 Å². The molecule has 0 saturated heterocycles. The molecule has 0 aromatic heterocycles. The minimum atomic E-state index is -0.147. The SMILES string of the molecule is C#CC(C)(C)c1ccc(CC)cc1. The molecule has 68 valence electrons. The molecule has 0 N–H and O–H groups in total. The number of hydrogen-bond donors (Lipinski definition) is 0. The van der Waals surface area contributed by atoms with E-state index in [1.54, 1.807) is 0 Å². The van der Waals surface area contributed by atoms with Crippen molar-refractivity contribution in [3.63, 3.8) is 0 Å². The molecule has 13 heavy (non-hydrogen) atoms. The second-order valence-corrected chi connectivity index (χ2v) is 3.82. The molecule has 0 amide bonds. The number of benzene rings is 1. The average Bonchev–Trinajstić information content (AvgIpc) is 2.18. The van der Waals surface area contributed by atoms with Gasteiger partial charge in [-0.2, -0.15) is 0 Å². The zero-order chi connectivity index (χ0) is 9.90. The summed E-state index contributed by atoms with van der Waals surface area (Å²) < 4.78 is 0. The normalized spacial score (nSPS) is 10.9. The van der Waals surface area contributed by atoms with Crippen LogP contribution in [0.1, 0.15) is 31.9 Å². The lowest BCUT2D eigenvalue weighted by Gasteiger charge is -2.17. The van der Waals surface area contributed by atoms with Crippen LogP contribution in [0.2, 0.25) is 0 Å². The van der Waals surface area contributed by atoms with Gasteiger partial charge in [0.2, 0.25) is 0 Å². The van der Waals surface area contributed by atoms with Crippen molar-refractivity contribution < 1.29 is 0 Å². The van der Waals surface area contributed by atoms with Gasteiger partial charge in [0.05, 0.1) is 5.41 Å². The minimum Gasteiger partial charge on any atom is -0.119 e. The first-order valence-corrected chi connectivity index (χ1v) is 4.67. The maximum Gasteiger partial charge on any atom is 0.0504 e. The summed E-state index contributed by atoms with van der Waals surface area (Å²) in [7, 11) is 0. The van der Waals surface area contributed by atoms with E-state index in [1.807, 2.05) is 0 Å². The van der Waals surface area contributed by atoms with Gasteiger partial charge in [0.1, 0.15) is 0 Å². The van der Waals surface area contributed by atoms with Gasteiger partial charge >= 0.3 is 0 Å². The van der Waals surface area contributed by atoms with Gasteiger partial charge in [-0.1, -0.05) is 37.1 Å². The van der Waals surface area contributed by atoms with Crippen LogP contribution in [0.25, 0.3) is 0 Å². The monoisotopic (exact) mass is 172 g/mol. The Kier molecular flexibility index (Phi) is 2.78. The Bertz CT molecular complexity index is 309. The highest BCUT2D eigenvalue weighted by atomic mass is 14.2. The van der Waals surface area contributed by atoms with Crippen LogP contribution in [0.3, 0.4) is 0 Å². The van der Waals surface area contributed by atoms with Crippen molar-refractivity contribution in [3.05, 3.63) is 35.4 Å². The van der Waals surface area contributed by atoms with Crippen molar-refractivity contribution in [3.8, 4) is 12.3 Å². The summed E-state index contributed by atoms with van der Waals surface area (Å²) in [6, 6.07) is 8.54. The Morgan fingerprint density at radius 3 is 2.15 bits per heavy atom. The molecule has 0 heterocycles. The summed E-state index contributed by atoms with van der Waals surface area (Å²) in [6.45, 7) is 6.28. The van der Waals surface area contributed by atoms with Crippen LogP contribution in [-0.2, 0) is 11.8 Å². The van der Waals surface area contributed by atoms with Gasteiger partial charge < -0.3 is 0 Å². The summed E-state index contributed by atoms with van der Waals surface area (Å²) >= 11 is 0. The van der Waals surface area contributed by atoms with Gasteiger partial charge in [-0.05, 0) is 31.4 Å². The van der Waals surface area contributed by atoms with Crippen molar-refractivity contribution in [2.45, 2.75) is 32.6 Å². The molecule has 0 unspecified atom stereocenters. The van der Waals surface area contributed by atoms with E-state index >= 15 is 0 Å². The van der Waals surface area contributed by atoms with Crippen LogP contribution in [0.5, 0.6) is 0 Å². The largest absolute Gasteiger partial charge is 0.119 e. The highest BCUT2D eigenvalue weighted by Gasteiger charge is 2.15. The highest BCUT2D eigenvalue weighted by molar-refractivity contribution is 5.34. The summed E-state index contributed by atoms with van der Waals surface area (Å²) in [5.74, 6) is 2.80. The molecule has 1 aromatic rings. The van der Waals surface area contributed by atoms with E-state index < -0.39 is 0 Å². The summed E-state index contributed by atoms with van der Waals surface area (Å²) in [4.78, 5) is 0. The molecule has 0 aliphatic rings. The lowest BCUT2D eigenvalue weighted by molar-refractivity contribution is 0.699. The first kappa shape index (κ1) is 9.86. The Hall–Kier alpha value is -1.22. The van der Waals surface area contributed by atoms with E-state index in [0.29, 0.717) is 0 Å². The first-order valence-electron chi connectivity index (χ1n) is 4.67. The summed E-state index contributed by atoms with van der Waals surface area (Å²) in [5.41, 5.74) is 2.43. The van der Waals surface area contributed by atoms with E-state index in [2.05, 4.69) is 51.0 Å². The standard InChI is InChI=1S/C13H16/c1-5-11-7-9-12(10-8-11)13(3,4)6-2/h2,7-10H,5H2,1,3-4H3. The van der Waals surface area contributed by atoms with E-state index in [1.165, 1.54) is 11.1 Å². The summed E-state index contributed by atoms with van der Waals surface area (Å²) in [5, 5.41) is 0. The smallest absolute Gasteiger partial charge is 0.0504 e. The van der Waals surface area contributed by atoms with Gasteiger partial charge in [-0.15, -0.1) is 6.42 Å². The van der Waals surface area contributed by atoms with Gasteiger partial charge in [0.15, 0.2) is 0 Å². The maximum atomic E-state index is 5.46. The lowest BCUT2D eigenvalue weighted by Crippen LogP contribution is -2.13. The number of rotatable bonds is 2. The molecular weight excluding hydrogens is 156 g/mol. The molecule has 0 aliphatic heterocycles. The molecule has 0 radical (unpaired) electrons. The number of terminal acetylenes is 1. The highest BCUT2D eigenvalue weighted by Crippen LogP contribution is 2.22. The third-order valence-corrected chi connectivity index (χ3v) is 2.44. The third-order valence-electron chi connectivity index (χ3n) is 2.44. The molecular formula is C13H16. The molecule has 0 aliphatic carbocycles. The van der Waals surface area contributed by atoms with Gasteiger partial charge in [0.25, 0.3) is 0 Å². The van der Waals surface area contributed by atoms with Crippen molar-refractivity contribution in [2.24, 2.45) is 0 Å². The Balaban J connectivity index is 3.00. The van der Waals surface area contributed by atoms with Crippen LogP contribution in [0.4, 0.5) is 0 Å². The fourth-order valence-corrected chi connectivity index (χ4v) is 1.24. The van der Waals surface area contributed by atoms with Gasteiger partial charge in [-0.25, -0.2) is 0 Å². The molecule has 1 aromatic carbocycles.